The van der Waals surface area contributed by atoms with Gasteiger partial charge in [0, 0.05) is 39.7 Å². The molecular weight excluding hydrogens is 280 g/mol. The van der Waals surface area contributed by atoms with Crippen molar-refractivity contribution in [1.29, 1.82) is 0 Å². The van der Waals surface area contributed by atoms with Crippen molar-refractivity contribution < 1.29 is 9.90 Å². The Morgan fingerprint density at radius 1 is 1.36 bits per heavy atom. The van der Waals surface area contributed by atoms with E-state index < -0.39 is 5.97 Å². The van der Waals surface area contributed by atoms with E-state index >= 15 is 0 Å². The number of piperidine rings is 1. The maximum absolute atomic E-state index is 10.8. The zero-order valence-electron chi connectivity index (χ0n) is 13.9. The monoisotopic (exact) mass is 306 g/mol. The van der Waals surface area contributed by atoms with Crippen LogP contribution in [-0.2, 0) is 4.79 Å². The Balaban J connectivity index is 2.14. The van der Waals surface area contributed by atoms with Crippen molar-refractivity contribution >= 4 is 17.7 Å². The molecule has 0 atom stereocenters. The van der Waals surface area contributed by atoms with E-state index in [1.54, 1.807) is 0 Å². The lowest BCUT2D eigenvalue weighted by molar-refractivity contribution is -0.138. The quantitative estimate of drug-likeness (QED) is 0.900. The van der Waals surface area contributed by atoms with E-state index in [-0.39, 0.29) is 12.3 Å². The number of carboxylic acids is 1. The van der Waals surface area contributed by atoms with E-state index in [0.29, 0.717) is 5.92 Å². The van der Waals surface area contributed by atoms with Crippen LogP contribution in [0.25, 0.3) is 0 Å². The highest BCUT2D eigenvalue weighted by atomic mass is 16.4. The molecule has 2 heterocycles. The first kappa shape index (κ1) is 16.5. The molecule has 0 bridgehead atoms. The molecule has 1 aliphatic heterocycles. The number of carbonyl (C=O) groups is 1. The highest BCUT2D eigenvalue weighted by Crippen LogP contribution is 2.27. The fraction of sp³-hybridized carbons (Fsp3) is 0.688. The summed E-state index contributed by atoms with van der Waals surface area (Å²) in [5.41, 5.74) is 1.04. The van der Waals surface area contributed by atoms with Gasteiger partial charge in [-0.2, -0.15) is 4.98 Å². The summed E-state index contributed by atoms with van der Waals surface area (Å²) in [6, 6.07) is 2.06. The van der Waals surface area contributed by atoms with Gasteiger partial charge in [0.15, 0.2) is 0 Å². The van der Waals surface area contributed by atoms with Crippen molar-refractivity contribution in [2.24, 2.45) is 5.92 Å². The smallest absolute Gasteiger partial charge is 0.303 e. The van der Waals surface area contributed by atoms with Gasteiger partial charge in [-0.3, -0.25) is 4.79 Å². The molecule has 1 saturated heterocycles. The predicted molar refractivity (Wildman–Crippen MR) is 87.6 cm³/mol. The van der Waals surface area contributed by atoms with Crippen LogP contribution < -0.4 is 9.80 Å². The molecule has 0 saturated carbocycles. The van der Waals surface area contributed by atoms with E-state index in [1.165, 1.54) is 0 Å². The van der Waals surface area contributed by atoms with Gasteiger partial charge in [0.25, 0.3) is 0 Å². The average Bonchev–Trinajstić information content (AvgIpc) is 2.46. The first-order valence-corrected chi connectivity index (χ1v) is 7.90. The number of carboxylic acid groups (broad SMARTS) is 1. The number of aliphatic carboxylic acids is 1. The first-order chi connectivity index (χ1) is 10.4. The summed E-state index contributed by atoms with van der Waals surface area (Å²) in [6.45, 7) is 5.98. The second kappa shape index (κ2) is 6.94. The Morgan fingerprint density at radius 3 is 2.50 bits per heavy atom. The van der Waals surface area contributed by atoms with Crippen LogP contribution in [0.1, 0.15) is 44.7 Å². The van der Waals surface area contributed by atoms with Crippen LogP contribution in [0.2, 0.25) is 0 Å². The molecule has 0 spiro atoms. The normalized spacial score (nSPS) is 16.1. The molecule has 22 heavy (non-hydrogen) atoms. The van der Waals surface area contributed by atoms with Gasteiger partial charge in [-0.25, -0.2) is 4.98 Å². The lowest BCUT2D eigenvalue weighted by atomic mass is 9.93. The number of hydrogen-bond donors (Lipinski definition) is 1. The lowest BCUT2D eigenvalue weighted by Gasteiger charge is -2.33. The second-order valence-electron chi connectivity index (χ2n) is 6.53. The molecule has 0 unspecified atom stereocenters. The Labute approximate surface area is 132 Å². The van der Waals surface area contributed by atoms with Gasteiger partial charge >= 0.3 is 5.97 Å². The Hall–Kier alpha value is -1.85. The SMILES string of the molecule is CC(C)c1cc(N2CCC(CC(=O)O)CC2)nc(N(C)C)n1. The van der Waals surface area contributed by atoms with Gasteiger partial charge in [-0.15, -0.1) is 0 Å². The predicted octanol–water partition coefficient (Wildman–Crippen LogP) is 2.36. The molecule has 6 heteroatoms. The molecule has 0 amide bonds. The molecule has 0 aromatic carbocycles. The van der Waals surface area contributed by atoms with Crippen LogP contribution in [0.4, 0.5) is 11.8 Å². The van der Waals surface area contributed by atoms with Gasteiger partial charge < -0.3 is 14.9 Å². The number of anilines is 2. The molecule has 0 aliphatic carbocycles. The minimum Gasteiger partial charge on any atom is -0.481 e. The van der Waals surface area contributed by atoms with E-state index in [9.17, 15) is 4.79 Å². The van der Waals surface area contributed by atoms with Gasteiger partial charge in [0.1, 0.15) is 5.82 Å². The molecule has 2 rings (SSSR count). The first-order valence-electron chi connectivity index (χ1n) is 7.90. The van der Waals surface area contributed by atoms with E-state index in [1.807, 2.05) is 19.0 Å². The summed E-state index contributed by atoms with van der Waals surface area (Å²) < 4.78 is 0. The third-order valence-electron chi connectivity index (χ3n) is 4.11. The van der Waals surface area contributed by atoms with Gasteiger partial charge in [0.05, 0.1) is 5.69 Å². The highest BCUT2D eigenvalue weighted by molar-refractivity contribution is 5.67. The van der Waals surface area contributed by atoms with Gasteiger partial charge in [0.2, 0.25) is 5.95 Å². The minimum absolute atomic E-state index is 0.276. The molecular formula is C16H26N4O2. The van der Waals surface area contributed by atoms with Gasteiger partial charge in [-0.05, 0) is 24.7 Å². The summed E-state index contributed by atoms with van der Waals surface area (Å²) in [5, 5.41) is 8.90. The molecule has 1 N–H and O–H groups in total. The zero-order valence-corrected chi connectivity index (χ0v) is 13.9. The number of hydrogen-bond acceptors (Lipinski definition) is 5. The summed E-state index contributed by atoms with van der Waals surface area (Å²) in [6.07, 6.45) is 2.09. The summed E-state index contributed by atoms with van der Waals surface area (Å²) in [7, 11) is 3.89. The molecule has 122 valence electrons. The summed E-state index contributed by atoms with van der Waals surface area (Å²) in [5.74, 6) is 1.63. The number of aromatic nitrogens is 2. The van der Waals surface area contributed by atoms with Crippen LogP contribution in [-0.4, -0.2) is 48.2 Å². The molecule has 1 fully saturated rings. The largest absolute Gasteiger partial charge is 0.481 e. The van der Waals surface area contributed by atoms with Crippen molar-refractivity contribution in [3.8, 4) is 0 Å². The van der Waals surface area contributed by atoms with Crippen LogP contribution in [0, 0.1) is 5.92 Å². The van der Waals surface area contributed by atoms with Crippen molar-refractivity contribution in [3.05, 3.63) is 11.8 Å². The van der Waals surface area contributed by atoms with E-state index in [0.717, 1.165) is 43.4 Å². The minimum atomic E-state index is -0.697. The molecule has 1 aliphatic rings. The molecule has 6 nitrogen and oxygen atoms in total. The van der Waals surface area contributed by atoms with Crippen molar-refractivity contribution in [2.45, 2.75) is 39.0 Å². The Morgan fingerprint density at radius 2 is 2.00 bits per heavy atom. The van der Waals surface area contributed by atoms with Crippen LogP contribution in [0.3, 0.4) is 0 Å². The summed E-state index contributed by atoms with van der Waals surface area (Å²) >= 11 is 0. The number of rotatable bonds is 5. The van der Waals surface area contributed by atoms with Crippen molar-refractivity contribution in [3.63, 3.8) is 0 Å². The average molecular weight is 306 g/mol. The summed E-state index contributed by atoms with van der Waals surface area (Å²) in [4.78, 5) is 24.2. The van der Waals surface area contributed by atoms with Crippen LogP contribution in [0.15, 0.2) is 6.07 Å². The van der Waals surface area contributed by atoms with E-state index in [4.69, 9.17) is 5.11 Å². The Kier molecular flexibility index (Phi) is 5.21. The van der Waals surface area contributed by atoms with E-state index in [2.05, 4.69) is 34.8 Å². The third kappa shape index (κ3) is 4.08. The maximum atomic E-state index is 10.8. The molecule has 1 aromatic heterocycles. The van der Waals surface area contributed by atoms with Crippen LogP contribution in [0.5, 0.6) is 0 Å². The molecule has 0 radical (unpaired) electrons. The van der Waals surface area contributed by atoms with Crippen molar-refractivity contribution in [1.82, 2.24) is 9.97 Å². The third-order valence-corrected chi connectivity index (χ3v) is 4.11. The fourth-order valence-electron chi connectivity index (χ4n) is 2.71. The fourth-order valence-corrected chi connectivity index (χ4v) is 2.71. The second-order valence-corrected chi connectivity index (χ2v) is 6.53. The standard InChI is InChI=1S/C16H26N4O2/c1-11(2)13-10-14(18-16(17-13)19(3)4)20-7-5-12(6-8-20)9-15(21)22/h10-12H,5-9H2,1-4H3,(H,21,22). The lowest BCUT2D eigenvalue weighted by Crippen LogP contribution is -2.35. The van der Waals surface area contributed by atoms with Gasteiger partial charge in [-0.1, -0.05) is 13.8 Å². The maximum Gasteiger partial charge on any atom is 0.303 e. The number of nitrogens with zero attached hydrogens (tertiary/aromatic N) is 4. The highest BCUT2D eigenvalue weighted by Gasteiger charge is 2.23. The van der Waals surface area contributed by atoms with Crippen LogP contribution >= 0.6 is 0 Å². The Bertz CT molecular complexity index is 497. The zero-order chi connectivity index (χ0) is 16.3. The topological polar surface area (TPSA) is 69.6 Å². The molecule has 1 aromatic rings. The van der Waals surface area contributed by atoms with Crippen molar-refractivity contribution in [2.75, 3.05) is 37.0 Å².